The molecule has 2 aliphatic rings. The topological polar surface area (TPSA) is 195 Å². The minimum Gasteiger partial charge on any atom is -0.394 e. The van der Waals surface area contributed by atoms with Crippen LogP contribution in [-0.4, -0.2) is 110 Å². The van der Waals surface area contributed by atoms with Crippen molar-refractivity contribution < 1.29 is 50.0 Å². The van der Waals surface area contributed by atoms with Crippen LogP contribution in [0, 0.1) is 0 Å². The van der Waals surface area contributed by atoms with Gasteiger partial charge in [0.25, 0.3) is 0 Å². The highest BCUT2D eigenvalue weighted by Gasteiger charge is 2.49. The molecular weight excluding hydrogens is 318 g/mol. The molecule has 2 rings (SSSR count). The second-order valence-electron chi connectivity index (χ2n) is 5.61. The second-order valence-corrected chi connectivity index (χ2v) is 5.61. The molecule has 136 valence electrons. The predicted molar refractivity (Wildman–Crippen MR) is 70.6 cm³/mol. The third-order valence-corrected chi connectivity index (χ3v) is 4.06. The molecule has 0 aromatic heterocycles. The lowest BCUT2D eigenvalue weighted by atomic mass is 9.96. The maximum Gasteiger partial charge on any atom is 0.187 e. The molecular formula is C12H23NO10. The molecule has 0 bridgehead atoms. The van der Waals surface area contributed by atoms with Gasteiger partial charge in [0.05, 0.1) is 19.3 Å². The SMILES string of the molecule is NC1C(O)OC(CO)C(O)C1OC1OC(CO)C(O)C(O)C1O. The average molecular weight is 341 g/mol. The summed E-state index contributed by atoms with van der Waals surface area (Å²) in [5.74, 6) is 0. The molecule has 23 heavy (non-hydrogen) atoms. The van der Waals surface area contributed by atoms with E-state index in [0.717, 1.165) is 0 Å². The molecule has 11 heteroatoms. The van der Waals surface area contributed by atoms with E-state index in [-0.39, 0.29) is 0 Å². The lowest BCUT2D eigenvalue weighted by Crippen LogP contribution is -2.66. The van der Waals surface area contributed by atoms with Gasteiger partial charge in [-0.15, -0.1) is 0 Å². The molecule has 0 spiro atoms. The normalized spacial score (nSPS) is 51.7. The van der Waals surface area contributed by atoms with Crippen LogP contribution in [0.2, 0.25) is 0 Å². The van der Waals surface area contributed by atoms with E-state index in [1.807, 2.05) is 0 Å². The molecule has 0 saturated carbocycles. The molecule has 0 aliphatic carbocycles. The molecule has 0 radical (unpaired) electrons. The van der Waals surface area contributed by atoms with Gasteiger partial charge in [0.15, 0.2) is 12.6 Å². The van der Waals surface area contributed by atoms with Gasteiger partial charge in [-0.05, 0) is 0 Å². The van der Waals surface area contributed by atoms with Crippen LogP contribution in [0.1, 0.15) is 0 Å². The lowest BCUT2D eigenvalue weighted by molar-refractivity contribution is -0.340. The molecule has 2 heterocycles. The molecule has 9 N–H and O–H groups in total. The van der Waals surface area contributed by atoms with Gasteiger partial charge in [0, 0.05) is 0 Å². The summed E-state index contributed by atoms with van der Waals surface area (Å²) in [5.41, 5.74) is 5.68. The van der Waals surface area contributed by atoms with E-state index < -0.39 is 74.6 Å². The predicted octanol–water partition coefficient (Wildman–Crippen LogP) is -5.43. The number of hydrogen-bond donors (Lipinski definition) is 8. The van der Waals surface area contributed by atoms with Crippen molar-refractivity contribution in [1.82, 2.24) is 0 Å². The fraction of sp³-hybridized carbons (Fsp3) is 1.00. The summed E-state index contributed by atoms with van der Waals surface area (Å²) in [7, 11) is 0. The number of ether oxygens (including phenoxy) is 3. The number of rotatable bonds is 4. The van der Waals surface area contributed by atoms with Gasteiger partial charge in [0.1, 0.15) is 42.7 Å². The Bertz CT molecular complexity index is 385. The zero-order valence-electron chi connectivity index (χ0n) is 12.1. The Morgan fingerprint density at radius 2 is 1.35 bits per heavy atom. The van der Waals surface area contributed by atoms with Crippen LogP contribution in [0.25, 0.3) is 0 Å². The third-order valence-electron chi connectivity index (χ3n) is 4.06. The fourth-order valence-corrected chi connectivity index (χ4v) is 2.61. The Morgan fingerprint density at radius 1 is 0.783 bits per heavy atom. The molecule has 2 fully saturated rings. The van der Waals surface area contributed by atoms with Crippen molar-refractivity contribution in [3.05, 3.63) is 0 Å². The van der Waals surface area contributed by atoms with E-state index in [1.54, 1.807) is 0 Å². The Balaban J connectivity index is 2.11. The minimum atomic E-state index is -1.68. The Labute approximate surface area is 131 Å². The Kier molecular flexibility index (Phi) is 6.27. The molecule has 0 aromatic carbocycles. The van der Waals surface area contributed by atoms with Crippen molar-refractivity contribution in [2.24, 2.45) is 5.73 Å². The number of aliphatic hydroxyl groups is 7. The Hall–Kier alpha value is -0.440. The highest BCUT2D eigenvalue weighted by atomic mass is 16.7. The maximum atomic E-state index is 10.1. The minimum absolute atomic E-state index is 0.612. The van der Waals surface area contributed by atoms with Crippen molar-refractivity contribution in [3.63, 3.8) is 0 Å². The summed E-state index contributed by atoms with van der Waals surface area (Å²) < 4.78 is 15.4. The first-order valence-corrected chi connectivity index (χ1v) is 7.15. The first-order chi connectivity index (χ1) is 10.8. The first-order valence-electron chi connectivity index (χ1n) is 7.15. The largest absolute Gasteiger partial charge is 0.394 e. The third kappa shape index (κ3) is 3.65. The summed E-state index contributed by atoms with van der Waals surface area (Å²) >= 11 is 0. The van der Waals surface area contributed by atoms with Crippen LogP contribution >= 0.6 is 0 Å². The zero-order valence-corrected chi connectivity index (χ0v) is 12.1. The maximum absolute atomic E-state index is 10.1. The number of nitrogens with two attached hydrogens (primary N) is 1. The van der Waals surface area contributed by atoms with Gasteiger partial charge in [-0.25, -0.2) is 0 Å². The molecule has 0 amide bonds. The summed E-state index contributed by atoms with van der Waals surface area (Å²) in [4.78, 5) is 0. The zero-order chi connectivity index (χ0) is 17.3. The highest BCUT2D eigenvalue weighted by Crippen LogP contribution is 2.27. The number of aliphatic hydroxyl groups excluding tert-OH is 7. The van der Waals surface area contributed by atoms with Crippen molar-refractivity contribution in [3.8, 4) is 0 Å². The van der Waals surface area contributed by atoms with Crippen molar-refractivity contribution in [1.29, 1.82) is 0 Å². The summed E-state index contributed by atoms with van der Waals surface area (Å²) in [5, 5.41) is 67.3. The van der Waals surface area contributed by atoms with Gasteiger partial charge in [-0.3, -0.25) is 0 Å². The van der Waals surface area contributed by atoms with Crippen LogP contribution in [0.15, 0.2) is 0 Å². The van der Waals surface area contributed by atoms with E-state index in [2.05, 4.69) is 0 Å². The molecule has 0 aromatic rings. The lowest BCUT2D eigenvalue weighted by Gasteiger charge is -2.45. The molecule has 2 saturated heterocycles. The van der Waals surface area contributed by atoms with E-state index in [1.165, 1.54) is 0 Å². The van der Waals surface area contributed by atoms with Gasteiger partial charge >= 0.3 is 0 Å². The quantitative estimate of drug-likeness (QED) is 0.243. The molecule has 10 unspecified atom stereocenters. The number of hydrogen-bond acceptors (Lipinski definition) is 11. The van der Waals surface area contributed by atoms with Crippen molar-refractivity contribution in [2.45, 2.75) is 61.3 Å². The van der Waals surface area contributed by atoms with Crippen LogP contribution in [0.5, 0.6) is 0 Å². The highest BCUT2D eigenvalue weighted by molar-refractivity contribution is 4.95. The van der Waals surface area contributed by atoms with Crippen molar-refractivity contribution in [2.75, 3.05) is 13.2 Å². The van der Waals surface area contributed by atoms with Crippen LogP contribution in [0.3, 0.4) is 0 Å². The van der Waals surface area contributed by atoms with E-state index in [0.29, 0.717) is 0 Å². The summed E-state index contributed by atoms with van der Waals surface area (Å²) in [6.07, 6.45) is -13.0. The fourth-order valence-electron chi connectivity index (χ4n) is 2.61. The monoisotopic (exact) mass is 341 g/mol. The first kappa shape index (κ1) is 18.9. The van der Waals surface area contributed by atoms with Gasteiger partial charge < -0.3 is 55.7 Å². The summed E-state index contributed by atoms with van der Waals surface area (Å²) in [6, 6.07) is -1.22. The van der Waals surface area contributed by atoms with Crippen LogP contribution < -0.4 is 5.73 Å². The molecule has 2 aliphatic heterocycles. The Morgan fingerprint density at radius 3 is 1.91 bits per heavy atom. The van der Waals surface area contributed by atoms with Crippen molar-refractivity contribution >= 4 is 0 Å². The van der Waals surface area contributed by atoms with Crippen LogP contribution in [0.4, 0.5) is 0 Å². The van der Waals surface area contributed by atoms with Gasteiger partial charge in [-0.1, -0.05) is 0 Å². The smallest absolute Gasteiger partial charge is 0.187 e. The molecule has 11 nitrogen and oxygen atoms in total. The molecule has 10 atom stereocenters. The van der Waals surface area contributed by atoms with E-state index in [9.17, 15) is 25.5 Å². The summed E-state index contributed by atoms with van der Waals surface area (Å²) in [6.45, 7) is -1.26. The standard InChI is InChI=1S/C12H23NO10/c13-5-10(7(17)4(2-15)21-11(5)20)23-12-9(19)8(18)6(16)3(1-14)22-12/h3-12,14-20H,1-2,13H2. The second kappa shape index (κ2) is 7.63. The van der Waals surface area contributed by atoms with E-state index >= 15 is 0 Å². The average Bonchev–Trinajstić information content (AvgIpc) is 2.54. The van der Waals surface area contributed by atoms with Crippen LogP contribution in [-0.2, 0) is 14.2 Å². The van der Waals surface area contributed by atoms with Gasteiger partial charge in [-0.2, -0.15) is 0 Å². The van der Waals surface area contributed by atoms with E-state index in [4.69, 9.17) is 30.2 Å². The van der Waals surface area contributed by atoms with Gasteiger partial charge in [0.2, 0.25) is 0 Å².